The lowest BCUT2D eigenvalue weighted by Crippen LogP contribution is -2.41. The van der Waals surface area contributed by atoms with Gasteiger partial charge in [-0.05, 0) is 31.2 Å². The maximum Gasteiger partial charge on any atom is 0.232 e. The van der Waals surface area contributed by atoms with Crippen LogP contribution in [-0.4, -0.2) is 54.5 Å². The van der Waals surface area contributed by atoms with Crippen LogP contribution in [0, 0.1) is 12.8 Å². The Morgan fingerprint density at radius 2 is 1.88 bits per heavy atom. The van der Waals surface area contributed by atoms with E-state index in [1.807, 2.05) is 4.90 Å². The van der Waals surface area contributed by atoms with Crippen molar-refractivity contribution in [2.75, 3.05) is 37.8 Å². The van der Waals surface area contributed by atoms with Crippen molar-refractivity contribution in [3.05, 3.63) is 35.4 Å². The molecule has 0 spiro atoms. The SMILES string of the molecule is Cc1ccc(C(NC(=O)CSCC(=O)N2CCOCC2)C2CC2)cc1. The molecular formula is C19H26N2O3S. The fourth-order valence-electron chi connectivity index (χ4n) is 3.03. The number of nitrogens with zero attached hydrogens (tertiary/aromatic N) is 1. The second-order valence-corrected chi connectivity index (χ2v) is 7.76. The van der Waals surface area contributed by atoms with E-state index in [1.165, 1.54) is 35.7 Å². The number of aryl methyl sites for hydroxylation is 1. The largest absolute Gasteiger partial charge is 0.378 e. The summed E-state index contributed by atoms with van der Waals surface area (Å²) in [4.78, 5) is 26.2. The number of hydrogen-bond donors (Lipinski definition) is 1. The molecule has 1 atom stereocenters. The molecule has 0 radical (unpaired) electrons. The lowest BCUT2D eigenvalue weighted by atomic mass is 10.0. The van der Waals surface area contributed by atoms with E-state index in [0.717, 1.165) is 0 Å². The second kappa shape index (κ2) is 8.72. The summed E-state index contributed by atoms with van der Waals surface area (Å²) in [5, 5.41) is 3.16. The average Bonchev–Trinajstić information content (AvgIpc) is 3.46. The van der Waals surface area contributed by atoms with Crippen molar-refractivity contribution in [1.29, 1.82) is 0 Å². The molecule has 25 heavy (non-hydrogen) atoms. The van der Waals surface area contributed by atoms with Crippen LogP contribution in [0.5, 0.6) is 0 Å². The van der Waals surface area contributed by atoms with E-state index in [4.69, 9.17) is 4.74 Å². The lowest BCUT2D eigenvalue weighted by molar-refractivity contribution is -0.132. The van der Waals surface area contributed by atoms with Crippen LogP contribution in [0.2, 0.25) is 0 Å². The van der Waals surface area contributed by atoms with Crippen LogP contribution in [0.15, 0.2) is 24.3 Å². The van der Waals surface area contributed by atoms with Gasteiger partial charge in [-0.1, -0.05) is 29.8 Å². The molecule has 5 nitrogen and oxygen atoms in total. The predicted molar refractivity (Wildman–Crippen MR) is 99.5 cm³/mol. The van der Waals surface area contributed by atoms with Crippen molar-refractivity contribution in [3.8, 4) is 0 Å². The third kappa shape index (κ3) is 5.47. The van der Waals surface area contributed by atoms with E-state index in [2.05, 4.69) is 36.5 Å². The van der Waals surface area contributed by atoms with Gasteiger partial charge in [0.2, 0.25) is 11.8 Å². The number of amides is 2. The van der Waals surface area contributed by atoms with Gasteiger partial charge in [0, 0.05) is 13.1 Å². The minimum atomic E-state index is 0.0113. The van der Waals surface area contributed by atoms with Crippen LogP contribution in [0.1, 0.15) is 30.0 Å². The van der Waals surface area contributed by atoms with Crippen LogP contribution in [-0.2, 0) is 14.3 Å². The van der Waals surface area contributed by atoms with E-state index in [9.17, 15) is 9.59 Å². The molecule has 6 heteroatoms. The molecule has 2 amide bonds. The number of ether oxygens (including phenoxy) is 1. The fraction of sp³-hybridized carbons (Fsp3) is 0.579. The number of morpholine rings is 1. The summed E-state index contributed by atoms with van der Waals surface area (Å²) in [6.07, 6.45) is 2.34. The number of thioether (sulfide) groups is 1. The third-order valence-corrected chi connectivity index (χ3v) is 5.59. The quantitative estimate of drug-likeness (QED) is 0.807. The van der Waals surface area contributed by atoms with E-state index >= 15 is 0 Å². The normalized spacial score (nSPS) is 18.7. The number of carbonyl (C=O) groups is 2. The summed E-state index contributed by atoms with van der Waals surface area (Å²) in [5.41, 5.74) is 2.40. The first kappa shape index (κ1) is 18.3. The third-order valence-electron chi connectivity index (χ3n) is 4.67. The van der Waals surface area contributed by atoms with Gasteiger partial charge in [-0.3, -0.25) is 9.59 Å². The Kier molecular flexibility index (Phi) is 6.37. The Morgan fingerprint density at radius 3 is 2.52 bits per heavy atom. The van der Waals surface area contributed by atoms with Gasteiger partial charge in [-0.15, -0.1) is 11.8 Å². The van der Waals surface area contributed by atoms with Crippen molar-refractivity contribution in [1.82, 2.24) is 10.2 Å². The number of benzene rings is 1. The fourth-order valence-corrected chi connectivity index (χ4v) is 3.75. The Balaban J connectivity index is 1.44. The molecular weight excluding hydrogens is 336 g/mol. The first-order valence-electron chi connectivity index (χ1n) is 8.92. The topological polar surface area (TPSA) is 58.6 Å². The maximum absolute atomic E-state index is 12.3. The zero-order valence-electron chi connectivity index (χ0n) is 14.7. The van der Waals surface area contributed by atoms with Crippen molar-refractivity contribution in [3.63, 3.8) is 0 Å². The van der Waals surface area contributed by atoms with E-state index in [-0.39, 0.29) is 17.9 Å². The lowest BCUT2D eigenvalue weighted by Gasteiger charge is -2.26. The molecule has 1 N–H and O–H groups in total. The maximum atomic E-state index is 12.3. The first-order chi connectivity index (χ1) is 12.1. The Morgan fingerprint density at radius 1 is 1.20 bits per heavy atom. The van der Waals surface area contributed by atoms with Crippen molar-refractivity contribution in [2.45, 2.75) is 25.8 Å². The van der Waals surface area contributed by atoms with Crippen molar-refractivity contribution >= 4 is 23.6 Å². The van der Waals surface area contributed by atoms with Gasteiger partial charge in [0.05, 0.1) is 30.8 Å². The molecule has 2 aliphatic rings. The number of rotatable bonds is 7. The van der Waals surface area contributed by atoms with Crippen LogP contribution in [0.25, 0.3) is 0 Å². The monoisotopic (exact) mass is 362 g/mol. The Hall–Kier alpha value is -1.53. The molecule has 1 aromatic carbocycles. The molecule has 136 valence electrons. The number of hydrogen-bond acceptors (Lipinski definition) is 4. The van der Waals surface area contributed by atoms with Crippen LogP contribution >= 0.6 is 11.8 Å². The van der Waals surface area contributed by atoms with Crippen molar-refractivity contribution < 1.29 is 14.3 Å². The average molecular weight is 362 g/mol. The summed E-state index contributed by atoms with van der Waals surface area (Å²) < 4.78 is 5.25. The van der Waals surface area contributed by atoms with E-state index < -0.39 is 0 Å². The molecule has 2 fully saturated rings. The van der Waals surface area contributed by atoms with Crippen molar-refractivity contribution in [2.24, 2.45) is 5.92 Å². The molecule has 0 bridgehead atoms. The van der Waals surface area contributed by atoms with Gasteiger partial charge < -0.3 is 15.0 Å². The Labute approximate surface area is 153 Å². The second-order valence-electron chi connectivity index (χ2n) is 6.78. The summed E-state index contributed by atoms with van der Waals surface area (Å²) in [5.74, 6) is 1.33. The van der Waals surface area contributed by atoms with Gasteiger partial charge in [0.1, 0.15) is 0 Å². The standard InChI is InChI=1S/C19H26N2O3S/c1-14-2-4-15(5-3-14)19(16-6-7-16)20-17(22)12-25-13-18(23)21-8-10-24-11-9-21/h2-5,16,19H,6-13H2,1H3,(H,20,22). The van der Waals surface area contributed by atoms with Crippen LogP contribution < -0.4 is 5.32 Å². The van der Waals surface area contributed by atoms with Gasteiger partial charge in [-0.2, -0.15) is 0 Å². The Bertz CT molecular complexity index is 595. The first-order valence-corrected chi connectivity index (χ1v) is 10.1. The molecule has 1 saturated heterocycles. The highest BCUT2D eigenvalue weighted by Gasteiger charge is 2.33. The predicted octanol–water partition coefficient (Wildman–Crippen LogP) is 2.15. The van der Waals surface area contributed by atoms with Gasteiger partial charge in [0.15, 0.2) is 0 Å². The molecule has 1 heterocycles. The van der Waals surface area contributed by atoms with Gasteiger partial charge in [0.25, 0.3) is 0 Å². The van der Waals surface area contributed by atoms with Crippen LogP contribution in [0.4, 0.5) is 0 Å². The van der Waals surface area contributed by atoms with E-state index in [0.29, 0.717) is 43.7 Å². The van der Waals surface area contributed by atoms with E-state index in [1.54, 1.807) is 0 Å². The summed E-state index contributed by atoms with van der Waals surface area (Å²) in [6.45, 7) is 4.59. The highest BCUT2D eigenvalue weighted by Crippen LogP contribution is 2.41. The molecule has 3 rings (SSSR count). The molecule has 1 aromatic rings. The van der Waals surface area contributed by atoms with Gasteiger partial charge >= 0.3 is 0 Å². The molecule has 1 aliphatic carbocycles. The van der Waals surface area contributed by atoms with Crippen LogP contribution in [0.3, 0.4) is 0 Å². The zero-order chi connectivity index (χ0) is 17.6. The molecule has 1 unspecified atom stereocenters. The summed E-state index contributed by atoms with van der Waals surface area (Å²) in [6, 6.07) is 8.49. The highest BCUT2D eigenvalue weighted by atomic mass is 32.2. The summed E-state index contributed by atoms with van der Waals surface area (Å²) >= 11 is 1.39. The minimum Gasteiger partial charge on any atom is -0.378 e. The molecule has 1 aliphatic heterocycles. The van der Waals surface area contributed by atoms with Gasteiger partial charge in [-0.25, -0.2) is 0 Å². The number of nitrogens with one attached hydrogen (secondary N) is 1. The molecule has 0 aromatic heterocycles. The zero-order valence-corrected chi connectivity index (χ0v) is 15.5. The molecule has 1 saturated carbocycles. The smallest absolute Gasteiger partial charge is 0.232 e. The minimum absolute atomic E-state index is 0.0113. The highest BCUT2D eigenvalue weighted by molar-refractivity contribution is 8.00. The number of carbonyl (C=O) groups excluding carboxylic acids is 2. The summed E-state index contributed by atoms with van der Waals surface area (Å²) in [7, 11) is 0.